The summed E-state index contributed by atoms with van der Waals surface area (Å²) in [5.74, 6) is 1.69. The molecule has 0 fully saturated rings. The van der Waals surface area contributed by atoms with E-state index < -0.39 is 10.0 Å². The van der Waals surface area contributed by atoms with Crippen molar-refractivity contribution >= 4 is 27.3 Å². The second kappa shape index (κ2) is 7.68. The maximum atomic E-state index is 12.5. The zero-order chi connectivity index (χ0) is 18.6. The van der Waals surface area contributed by atoms with Gasteiger partial charge in [-0.2, -0.15) is 0 Å². The van der Waals surface area contributed by atoms with Crippen molar-refractivity contribution in [1.82, 2.24) is 0 Å². The molecule has 0 saturated heterocycles. The molecule has 3 rings (SSSR count). The second-order valence-corrected chi connectivity index (χ2v) is 7.43. The highest BCUT2D eigenvalue weighted by Crippen LogP contribution is 2.29. The van der Waals surface area contributed by atoms with Crippen LogP contribution in [0, 0.1) is 0 Å². The smallest absolute Gasteiger partial charge is 0.261 e. The van der Waals surface area contributed by atoms with Gasteiger partial charge in [0, 0.05) is 0 Å². The average molecular weight is 390 g/mol. The summed E-state index contributed by atoms with van der Waals surface area (Å²) in [4.78, 5) is 0.116. The van der Waals surface area contributed by atoms with Gasteiger partial charge < -0.3 is 9.47 Å². The van der Waals surface area contributed by atoms with Crippen LogP contribution >= 0.6 is 11.6 Å². The maximum absolute atomic E-state index is 12.5. The maximum Gasteiger partial charge on any atom is 0.261 e. The van der Waals surface area contributed by atoms with Gasteiger partial charge >= 0.3 is 0 Å². The Morgan fingerprint density at radius 3 is 2.15 bits per heavy atom. The second-order valence-electron chi connectivity index (χ2n) is 5.34. The number of nitrogens with one attached hydrogen (secondary N) is 1. The molecule has 0 aliphatic rings. The number of sulfonamides is 1. The van der Waals surface area contributed by atoms with E-state index in [-0.39, 0.29) is 4.90 Å². The van der Waals surface area contributed by atoms with E-state index in [4.69, 9.17) is 21.1 Å². The third-order valence-corrected chi connectivity index (χ3v) is 5.21. The van der Waals surface area contributed by atoms with E-state index in [1.54, 1.807) is 24.3 Å². The SMILES string of the molecule is COc1ccc(NS(=O)(=O)c2ccc(Oc3ccccc3)cc2)cc1Cl. The predicted molar refractivity (Wildman–Crippen MR) is 102 cm³/mol. The van der Waals surface area contributed by atoms with Crippen molar-refractivity contribution in [2.75, 3.05) is 11.8 Å². The molecule has 0 radical (unpaired) electrons. The van der Waals surface area contributed by atoms with Gasteiger partial charge in [-0.1, -0.05) is 29.8 Å². The van der Waals surface area contributed by atoms with Crippen molar-refractivity contribution < 1.29 is 17.9 Å². The van der Waals surface area contributed by atoms with Crippen molar-refractivity contribution in [3.63, 3.8) is 0 Å². The largest absolute Gasteiger partial charge is 0.495 e. The summed E-state index contributed by atoms with van der Waals surface area (Å²) in [5, 5.41) is 0.319. The highest BCUT2D eigenvalue weighted by Gasteiger charge is 2.15. The molecule has 1 N–H and O–H groups in total. The first-order chi connectivity index (χ1) is 12.5. The van der Waals surface area contributed by atoms with E-state index in [2.05, 4.69) is 4.72 Å². The van der Waals surface area contributed by atoms with Crippen LogP contribution in [0.1, 0.15) is 0 Å². The number of para-hydroxylation sites is 1. The van der Waals surface area contributed by atoms with Crippen molar-refractivity contribution in [2.45, 2.75) is 4.90 Å². The van der Waals surface area contributed by atoms with Gasteiger partial charge in [0.15, 0.2) is 0 Å². The molecule has 0 unspecified atom stereocenters. The molecule has 3 aromatic rings. The molecule has 5 nitrogen and oxygen atoms in total. The van der Waals surface area contributed by atoms with Crippen molar-refractivity contribution in [1.29, 1.82) is 0 Å². The third-order valence-electron chi connectivity index (χ3n) is 3.52. The molecule has 7 heteroatoms. The lowest BCUT2D eigenvalue weighted by Gasteiger charge is -2.11. The minimum Gasteiger partial charge on any atom is -0.495 e. The summed E-state index contributed by atoms with van der Waals surface area (Å²) in [7, 11) is -2.25. The Bertz CT molecular complexity index is 990. The molecule has 0 aliphatic heterocycles. The summed E-state index contributed by atoms with van der Waals surface area (Å²) in [5.41, 5.74) is 0.348. The Kier molecular flexibility index (Phi) is 5.35. The first kappa shape index (κ1) is 18.1. The number of benzene rings is 3. The Balaban J connectivity index is 1.76. The summed E-state index contributed by atoms with van der Waals surface area (Å²) in [6.07, 6.45) is 0. The number of anilines is 1. The molecule has 26 heavy (non-hydrogen) atoms. The monoisotopic (exact) mass is 389 g/mol. The van der Waals surface area contributed by atoms with Gasteiger partial charge in [-0.05, 0) is 54.6 Å². The molecule has 0 aromatic heterocycles. The van der Waals surface area contributed by atoms with E-state index >= 15 is 0 Å². The van der Waals surface area contributed by atoms with Gasteiger partial charge in [0.25, 0.3) is 10.0 Å². The van der Waals surface area contributed by atoms with Crippen LogP contribution < -0.4 is 14.2 Å². The third kappa shape index (κ3) is 4.28. The highest BCUT2D eigenvalue weighted by atomic mass is 35.5. The van der Waals surface area contributed by atoms with Crippen LogP contribution in [0.5, 0.6) is 17.2 Å². The van der Waals surface area contributed by atoms with Gasteiger partial charge in [-0.25, -0.2) is 8.42 Å². The van der Waals surface area contributed by atoms with Crippen LogP contribution in [0.15, 0.2) is 77.7 Å². The summed E-state index contributed by atoms with van der Waals surface area (Å²) < 4.78 is 38.2. The molecule has 0 saturated carbocycles. The normalized spacial score (nSPS) is 11.0. The number of hydrogen-bond donors (Lipinski definition) is 1. The number of hydrogen-bond acceptors (Lipinski definition) is 4. The Morgan fingerprint density at radius 2 is 1.54 bits per heavy atom. The van der Waals surface area contributed by atoms with Crippen molar-refractivity contribution in [2.24, 2.45) is 0 Å². The predicted octanol–water partition coefficient (Wildman–Crippen LogP) is 4.94. The Morgan fingerprint density at radius 1 is 0.885 bits per heavy atom. The molecule has 0 heterocycles. The Hall–Kier alpha value is -2.70. The Labute approximate surface area is 157 Å². The quantitative estimate of drug-likeness (QED) is 0.648. The fourth-order valence-corrected chi connectivity index (χ4v) is 3.56. The number of halogens is 1. The summed E-state index contributed by atoms with van der Waals surface area (Å²) in [6.45, 7) is 0. The lowest BCUT2D eigenvalue weighted by molar-refractivity contribution is 0.415. The molecule has 0 aliphatic carbocycles. The zero-order valence-corrected chi connectivity index (χ0v) is 15.4. The number of ether oxygens (including phenoxy) is 2. The molecule has 0 atom stereocenters. The topological polar surface area (TPSA) is 64.6 Å². The lowest BCUT2D eigenvalue weighted by atomic mass is 10.3. The first-order valence-corrected chi connectivity index (χ1v) is 9.53. The highest BCUT2D eigenvalue weighted by molar-refractivity contribution is 7.92. The van der Waals surface area contributed by atoms with Gasteiger partial charge in [-0.15, -0.1) is 0 Å². The van der Waals surface area contributed by atoms with E-state index in [1.807, 2.05) is 30.3 Å². The first-order valence-electron chi connectivity index (χ1n) is 7.67. The van der Waals surface area contributed by atoms with Crippen LogP contribution in [0.2, 0.25) is 5.02 Å². The molecule has 134 valence electrons. The standard InChI is InChI=1S/C19H16ClNO4S/c1-24-19-12-7-14(13-18(19)20)21-26(22,23)17-10-8-16(9-11-17)25-15-5-3-2-4-6-15/h2-13,21H,1H3. The molecule has 3 aromatic carbocycles. The van der Waals surface area contributed by atoms with E-state index in [0.717, 1.165) is 0 Å². The molecule has 0 spiro atoms. The number of rotatable bonds is 6. The summed E-state index contributed by atoms with van der Waals surface area (Å²) in [6, 6.07) is 20.1. The van der Waals surface area contributed by atoms with Crippen LogP contribution in [-0.4, -0.2) is 15.5 Å². The van der Waals surface area contributed by atoms with E-state index in [9.17, 15) is 8.42 Å². The zero-order valence-electron chi connectivity index (χ0n) is 13.8. The molecule has 0 bridgehead atoms. The minimum absolute atomic E-state index is 0.116. The lowest BCUT2D eigenvalue weighted by Crippen LogP contribution is -2.12. The summed E-state index contributed by atoms with van der Waals surface area (Å²) >= 11 is 6.03. The van der Waals surface area contributed by atoms with E-state index in [0.29, 0.717) is 28.0 Å². The van der Waals surface area contributed by atoms with Crippen molar-refractivity contribution in [3.05, 3.63) is 77.8 Å². The number of methoxy groups -OCH3 is 1. The fourth-order valence-electron chi connectivity index (χ4n) is 2.26. The molecular formula is C19H16ClNO4S. The van der Waals surface area contributed by atoms with Gasteiger partial charge in [0.2, 0.25) is 0 Å². The fraction of sp³-hybridized carbons (Fsp3) is 0.0526. The molecular weight excluding hydrogens is 374 g/mol. The van der Waals surface area contributed by atoms with Gasteiger partial charge in [0.05, 0.1) is 22.7 Å². The van der Waals surface area contributed by atoms with Crippen LogP contribution in [0.4, 0.5) is 5.69 Å². The minimum atomic E-state index is -3.74. The average Bonchev–Trinajstić information content (AvgIpc) is 2.63. The van der Waals surface area contributed by atoms with Crippen molar-refractivity contribution in [3.8, 4) is 17.2 Å². The van der Waals surface area contributed by atoms with E-state index in [1.165, 1.54) is 25.3 Å². The van der Waals surface area contributed by atoms with Gasteiger partial charge in [-0.3, -0.25) is 4.72 Å². The van der Waals surface area contributed by atoms with Crippen LogP contribution in [-0.2, 0) is 10.0 Å². The van der Waals surface area contributed by atoms with Crippen LogP contribution in [0.25, 0.3) is 0 Å². The molecule has 0 amide bonds. The van der Waals surface area contributed by atoms with Crippen LogP contribution in [0.3, 0.4) is 0 Å². The van der Waals surface area contributed by atoms with Gasteiger partial charge in [0.1, 0.15) is 17.2 Å².